The molecule has 5 nitrogen and oxygen atoms in total. The highest BCUT2D eigenvalue weighted by Crippen LogP contribution is 2.35. The van der Waals surface area contributed by atoms with Crippen molar-refractivity contribution in [2.45, 2.75) is 5.92 Å². The summed E-state index contributed by atoms with van der Waals surface area (Å²) in [7, 11) is -2.51. The Morgan fingerprint density at radius 2 is 1.89 bits per heavy atom. The second-order valence-corrected chi connectivity index (χ2v) is 8.46. The molecule has 1 amide bonds. The molecule has 0 fully saturated rings. The molecule has 0 bridgehead atoms. The van der Waals surface area contributed by atoms with Crippen LogP contribution in [0.25, 0.3) is 21.7 Å². The minimum Gasteiger partial charge on any atom is -0.464 e. The second kappa shape index (κ2) is 7.84. The average molecular weight is 457 g/mol. The van der Waals surface area contributed by atoms with Crippen LogP contribution < -0.4 is 5.32 Å². The minimum atomic E-state index is -2.51. The molecule has 0 saturated heterocycles. The highest BCUT2D eigenvalue weighted by Gasteiger charge is 2.32. The number of hydrogen-bond acceptors (Lipinski definition) is 3. The van der Waals surface area contributed by atoms with Gasteiger partial charge in [-0.3, -0.25) is 4.79 Å². The summed E-state index contributed by atoms with van der Waals surface area (Å²) in [6, 6.07) is 19.0. The first-order valence-electron chi connectivity index (χ1n) is 8.61. The molecule has 140 valence electrons. The maximum absolute atomic E-state index is 13.0. The van der Waals surface area contributed by atoms with E-state index >= 15 is 0 Å². The first-order valence-corrected chi connectivity index (χ1v) is 10.8. The zero-order chi connectivity index (χ0) is 19.7. The van der Waals surface area contributed by atoms with Crippen LogP contribution in [-0.4, -0.2) is 17.0 Å². The third-order valence-electron chi connectivity index (χ3n) is 4.61. The molecule has 0 radical (unpaired) electrons. The van der Waals surface area contributed by atoms with Gasteiger partial charge in [0.25, 0.3) is 0 Å². The fourth-order valence-electron chi connectivity index (χ4n) is 3.27. The van der Waals surface area contributed by atoms with Gasteiger partial charge >= 0.3 is 8.03 Å². The summed E-state index contributed by atoms with van der Waals surface area (Å²) in [6.45, 7) is 0. The standard InChI is InChI=1S/C21H15BrNO4P/c22-15-6-8-20-17(10-15)18(11-27-20)19(12-28(25)26)21(24)23-16-7-5-13-3-1-2-4-14(13)9-16/h1-11,19H,12H2,(H-,23,24,25,26)/p+1. The van der Waals surface area contributed by atoms with Crippen molar-refractivity contribution in [1.29, 1.82) is 0 Å². The van der Waals surface area contributed by atoms with E-state index in [9.17, 15) is 14.3 Å². The van der Waals surface area contributed by atoms with E-state index in [1.165, 1.54) is 6.26 Å². The molecule has 2 atom stereocenters. The van der Waals surface area contributed by atoms with Gasteiger partial charge in [-0.05, 0) is 45.7 Å². The quantitative estimate of drug-likeness (QED) is 0.371. The van der Waals surface area contributed by atoms with Crippen molar-refractivity contribution in [1.82, 2.24) is 0 Å². The molecular formula is C21H16BrNO4P+. The zero-order valence-corrected chi connectivity index (χ0v) is 17.1. The number of halogens is 1. The van der Waals surface area contributed by atoms with Gasteiger partial charge < -0.3 is 9.73 Å². The summed E-state index contributed by atoms with van der Waals surface area (Å²) < 4.78 is 18.0. The summed E-state index contributed by atoms with van der Waals surface area (Å²) in [5.41, 5.74) is 1.85. The lowest BCUT2D eigenvalue weighted by molar-refractivity contribution is -0.117. The number of carbonyl (C=O) groups is 1. The van der Waals surface area contributed by atoms with Crippen LogP contribution in [-0.2, 0) is 9.36 Å². The van der Waals surface area contributed by atoms with Crippen LogP contribution in [0.2, 0.25) is 0 Å². The Morgan fingerprint density at radius 1 is 1.11 bits per heavy atom. The van der Waals surface area contributed by atoms with Gasteiger partial charge in [-0.25, -0.2) is 0 Å². The Labute approximate surface area is 170 Å². The number of amides is 1. The molecule has 3 aromatic carbocycles. The molecule has 2 N–H and O–H groups in total. The summed E-state index contributed by atoms with van der Waals surface area (Å²) in [6.07, 6.45) is 1.30. The van der Waals surface area contributed by atoms with Crippen LogP contribution in [0.3, 0.4) is 0 Å². The lowest BCUT2D eigenvalue weighted by Crippen LogP contribution is -2.22. The third kappa shape index (κ3) is 3.85. The number of nitrogens with one attached hydrogen (secondary N) is 1. The van der Waals surface area contributed by atoms with E-state index in [1.54, 1.807) is 6.07 Å². The second-order valence-electron chi connectivity index (χ2n) is 6.47. The normalized spacial score (nSPS) is 12.9. The topological polar surface area (TPSA) is 79.5 Å². The number of carbonyl (C=O) groups excluding carboxylic acids is 1. The fourth-order valence-corrected chi connectivity index (χ4v) is 4.30. The SMILES string of the molecule is O=C(Nc1ccc2ccccc2c1)C(C[P+](=O)O)c1coc2ccc(Br)cc12. The van der Waals surface area contributed by atoms with E-state index in [-0.39, 0.29) is 12.1 Å². The van der Waals surface area contributed by atoms with Crippen LogP contribution in [0, 0.1) is 0 Å². The molecule has 0 aliphatic rings. The van der Waals surface area contributed by atoms with Crippen LogP contribution in [0.15, 0.2) is 75.8 Å². The minimum absolute atomic E-state index is 0.185. The van der Waals surface area contributed by atoms with E-state index in [4.69, 9.17) is 4.42 Å². The van der Waals surface area contributed by atoms with E-state index in [1.807, 2.05) is 54.6 Å². The van der Waals surface area contributed by atoms with Gasteiger partial charge in [0, 0.05) is 21.1 Å². The predicted molar refractivity (Wildman–Crippen MR) is 114 cm³/mol. The first-order chi connectivity index (χ1) is 13.5. The molecule has 0 aliphatic carbocycles. The number of fused-ring (bicyclic) bond motifs is 2. The van der Waals surface area contributed by atoms with E-state index in [0.29, 0.717) is 16.8 Å². The molecule has 0 spiro atoms. The molecule has 0 aliphatic heterocycles. The Hall–Kier alpha value is -2.53. The number of furan rings is 1. The lowest BCUT2D eigenvalue weighted by atomic mass is 9.99. The predicted octanol–water partition coefficient (Wildman–Crippen LogP) is 5.81. The smallest absolute Gasteiger partial charge is 0.464 e. The maximum Gasteiger partial charge on any atom is 0.506 e. The molecule has 28 heavy (non-hydrogen) atoms. The van der Waals surface area contributed by atoms with Gasteiger partial charge in [0.2, 0.25) is 5.91 Å². The fraction of sp³-hybridized carbons (Fsp3) is 0.0952. The number of benzene rings is 3. The summed E-state index contributed by atoms with van der Waals surface area (Å²) >= 11 is 3.42. The summed E-state index contributed by atoms with van der Waals surface area (Å²) in [4.78, 5) is 22.5. The Morgan fingerprint density at radius 3 is 2.68 bits per heavy atom. The van der Waals surface area contributed by atoms with Crippen molar-refractivity contribution in [2.75, 3.05) is 11.5 Å². The maximum atomic E-state index is 13.0. The Balaban J connectivity index is 1.68. The van der Waals surface area contributed by atoms with Crippen molar-refractivity contribution in [3.63, 3.8) is 0 Å². The summed E-state index contributed by atoms with van der Waals surface area (Å²) in [5, 5.41) is 5.69. The largest absolute Gasteiger partial charge is 0.506 e. The van der Waals surface area contributed by atoms with Gasteiger partial charge in [-0.2, -0.15) is 4.89 Å². The van der Waals surface area contributed by atoms with E-state index < -0.39 is 13.9 Å². The van der Waals surface area contributed by atoms with Crippen LogP contribution in [0.5, 0.6) is 0 Å². The molecule has 4 rings (SSSR count). The monoisotopic (exact) mass is 456 g/mol. The van der Waals surface area contributed by atoms with Gasteiger partial charge in [-0.15, -0.1) is 0 Å². The van der Waals surface area contributed by atoms with Gasteiger partial charge in [0.05, 0.1) is 6.26 Å². The van der Waals surface area contributed by atoms with Crippen LogP contribution >= 0.6 is 24.0 Å². The lowest BCUT2D eigenvalue weighted by Gasteiger charge is -2.12. The number of hydrogen-bond donors (Lipinski definition) is 2. The van der Waals surface area contributed by atoms with Crippen molar-refractivity contribution >= 4 is 57.3 Å². The number of rotatable bonds is 5. The van der Waals surface area contributed by atoms with Crippen LogP contribution in [0.4, 0.5) is 5.69 Å². The Bertz CT molecular complexity index is 1200. The van der Waals surface area contributed by atoms with Crippen molar-refractivity contribution in [2.24, 2.45) is 0 Å². The van der Waals surface area contributed by atoms with E-state index in [0.717, 1.165) is 20.6 Å². The van der Waals surface area contributed by atoms with Gasteiger partial charge in [-0.1, -0.05) is 46.3 Å². The van der Waals surface area contributed by atoms with Crippen molar-refractivity contribution in [3.8, 4) is 0 Å². The molecule has 7 heteroatoms. The molecule has 1 heterocycles. The van der Waals surface area contributed by atoms with Crippen LogP contribution in [0.1, 0.15) is 11.5 Å². The molecule has 2 unspecified atom stereocenters. The van der Waals surface area contributed by atoms with Crippen molar-refractivity contribution in [3.05, 3.63) is 77.0 Å². The molecule has 1 aromatic heterocycles. The first kappa shape index (κ1) is 18.8. The highest BCUT2D eigenvalue weighted by atomic mass is 79.9. The number of anilines is 1. The summed E-state index contributed by atoms with van der Waals surface area (Å²) in [5.74, 6) is -1.16. The highest BCUT2D eigenvalue weighted by molar-refractivity contribution is 9.10. The Kier molecular flexibility index (Phi) is 5.27. The molecule has 0 saturated carbocycles. The average Bonchev–Trinajstić information content (AvgIpc) is 3.08. The van der Waals surface area contributed by atoms with Crippen molar-refractivity contribution < 1.29 is 18.7 Å². The third-order valence-corrected chi connectivity index (χ3v) is 5.78. The zero-order valence-electron chi connectivity index (χ0n) is 14.6. The van der Waals surface area contributed by atoms with Gasteiger partial charge in [0.1, 0.15) is 11.5 Å². The molecule has 4 aromatic rings. The van der Waals surface area contributed by atoms with E-state index in [2.05, 4.69) is 21.2 Å². The van der Waals surface area contributed by atoms with Gasteiger partial charge in [0.15, 0.2) is 6.16 Å². The molecular weight excluding hydrogens is 441 g/mol.